The molecule has 3 aromatic rings. The van der Waals surface area contributed by atoms with E-state index in [2.05, 4.69) is 15.4 Å². The van der Waals surface area contributed by atoms with Crippen LogP contribution in [0.15, 0.2) is 36.5 Å². The van der Waals surface area contributed by atoms with Gasteiger partial charge < -0.3 is 15.2 Å². The molecule has 0 aliphatic rings. The maximum absolute atomic E-state index is 12.7. The molecular formula is C21H24N4O4. The van der Waals surface area contributed by atoms with Gasteiger partial charge >= 0.3 is 5.97 Å². The Morgan fingerprint density at radius 2 is 1.97 bits per heavy atom. The van der Waals surface area contributed by atoms with E-state index in [4.69, 9.17) is 9.84 Å². The predicted octanol–water partition coefficient (Wildman–Crippen LogP) is 2.76. The first-order chi connectivity index (χ1) is 13.8. The number of carboxylic acid groups (broad SMARTS) is 1. The lowest BCUT2D eigenvalue weighted by Crippen LogP contribution is -2.26. The van der Waals surface area contributed by atoms with E-state index in [1.807, 2.05) is 37.6 Å². The number of aryl methyl sites for hydroxylation is 1. The zero-order valence-electron chi connectivity index (χ0n) is 16.7. The molecule has 3 rings (SSSR count). The quantitative estimate of drug-likeness (QED) is 0.606. The summed E-state index contributed by atoms with van der Waals surface area (Å²) in [7, 11) is 0. The fourth-order valence-electron chi connectivity index (χ4n) is 3.02. The van der Waals surface area contributed by atoms with E-state index in [9.17, 15) is 9.59 Å². The molecule has 2 heterocycles. The van der Waals surface area contributed by atoms with Crippen molar-refractivity contribution in [3.05, 3.63) is 53.3 Å². The minimum absolute atomic E-state index is 0.153. The Hall–Kier alpha value is -3.42. The number of benzene rings is 1. The Labute approximate surface area is 168 Å². The zero-order valence-corrected chi connectivity index (χ0v) is 16.7. The average Bonchev–Trinajstić information content (AvgIpc) is 3.10. The van der Waals surface area contributed by atoms with Crippen molar-refractivity contribution in [2.45, 2.75) is 33.2 Å². The van der Waals surface area contributed by atoms with Gasteiger partial charge in [0.25, 0.3) is 5.91 Å². The number of hydrogen-bond donors (Lipinski definition) is 2. The first-order valence-corrected chi connectivity index (χ1v) is 9.41. The molecule has 2 N–H and O–H groups in total. The summed E-state index contributed by atoms with van der Waals surface area (Å²) in [6.07, 6.45) is 2.33. The molecular weight excluding hydrogens is 372 g/mol. The average molecular weight is 396 g/mol. The Bertz CT molecular complexity index is 1030. The fourth-order valence-corrected chi connectivity index (χ4v) is 3.02. The maximum atomic E-state index is 12.7. The SMILES string of the molecule is Cc1cc(C(=O)NCCc2ccc(OCC(=O)O)cc2)c2cnn(C(C)C)c2n1. The molecule has 0 bridgehead atoms. The van der Waals surface area contributed by atoms with Crippen molar-refractivity contribution >= 4 is 22.9 Å². The minimum atomic E-state index is -1.02. The van der Waals surface area contributed by atoms with Crippen LogP contribution in [0.3, 0.4) is 0 Å². The van der Waals surface area contributed by atoms with Gasteiger partial charge in [0.1, 0.15) is 5.75 Å². The summed E-state index contributed by atoms with van der Waals surface area (Å²) in [5, 5.41) is 16.7. The first kappa shape index (κ1) is 20.3. The van der Waals surface area contributed by atoms with E-state index >= 15 is 0 Å². The Kier molecular flexibility index (Phi) is 6.11. The number of pyridine rings is 1. The smallest absolute Gasteiger partial charge is 0.341 e. The second-order valence-electron chi connectivity index (χ2n) is 7.06. The van der Waals surface area contributed by atoms with Gasteiger partial charge in [-0.25, -0.2) is 14.5 Å². The topological polar surface area (TPSA) is 106 Å². The molecule has 8 nitrogen and oxygen atoms in total. The number of rotatable bonds is 8. The Morgan fingerprint density at radius 3 is 2.62 bits per heavy atom. The number of fused-ring (bicyclic) bond motifs is 1. The largest absolute Gasteiger partial charge is 0.482 e. The third-order valence-electron chi connectivity index (χ3n) is 4.41. The highest BCUT2D eigenvalue weighted by molar-refractivity contribution is 6.05. The molecule has 0 saturated carbocycles. The molecule has 152 valence electrons. The number of aliphatic carboxylic acids is 1. The Balaban J connectivity index is 1.63. The summed E-state index contributed by atoms with van der Waals surface area (Å²) < 4.78 is 6.92. The molecule has 0 radical (unpaired) electrons. The molecule has 2 aromatic heterocycles. The molecule has 0 atom stereocenters. The van der Waals surface area contributed by atoms with Gasteiger partial charge in [-0.05, 0) is 51.0 Å². The second kappa shape index (κ2) is 8.72. The summed E-state index contributed by atoms with van der Waals surface area (Å²) in [6, 6.07) is 9.07. The van der Waals surface area contributed by atoms with Crippen molar-refractivity contribution in [1.82, 2.24) is 20.1 Å². The van der Waals surface area contributed by atoms with Crippen LogP contribution in [0.4, 0.5) is 0 Å². The zero-order chi connectivity index (χ0) is 21.0. The van der Waals surface area contributed by atoms with E-state index in [1.54, 1.807) is 24.4 Å². The third kappa shape index (κ3) is 4.90. The minimum Gasteiger partial charge on any atom is -0.482 e. The third-order valence-corrected chi connectivity index (χ3v) is 4.41. The lowest BCUT2D eigenvalue weighted by atomic mass is 10.1. The molecule has 8 heteroatoms. The maximum Gasteiger partial charge on any atom is 0.341 e. The number of carbonyl (C=O) groups is 2. The van der Waals surface area contributed by atoms with E-state index in [-0.39, 0.29) is 18.6 Å². The van der Waals surface area contributed by atoms with Gasteiger partial charge in [0.05, 0.1) is 17.1 Å². The summed E-state index contributed by atoms with van der Waals surface area (Å²) in [6.45, 7) is 6.00. The number of hydrogen-bond acceptors (Lipinski definition) is 5. The lowest BCUT2D eigenvalue weighted by molar-refractivity contribution is -0.139. The van der Waals surface area contributed by atoms with Gasteiger partial charge in [0, 0.05) is 18.3 Å². The van der Waals surface area contributed by atoms with Crippen molar-refractivity contribution in [2.24, 2.45) is 0 Å². The van der Waals surface area contributed by atoms with E-state index < -0.39 is 5.97 Å². The number of amides is 1. The monoisotopic (exact) mass is 396 g/mol. The van der Waals surface area contributed by atoms with Crippen LogP contribution in [0.25, 0.3) is 11.0 Å². The summed E-state index contributed by atoms with van der Waals surface area (Å²) >= 11 is 0. The molecule has 0 saturated heterocycles. The number of carbonyl (C=O) groups excluding carboxylic acids is 1. The highest BCUT2D eigenvalue weighted by Crippen LogP contribution is 2.21. The van der Waals surface area contributed by atoms with Gasteiger partial charge in [0.2, 0.25) is 0 Å². The molecule has 29 heavy (non-hydrogen) atoms. The summed E-state index contributed by atoms with van der Waals surface area (Å²) in [4.78, 5) is 27.8. The molecule has 1 amide bonds. The van der Waals surface area contributed by atoms with Gasteiger partial charge in [-0.2, -0.15) is 5.10 Å². The van der Waals surface area contributed by atoms with Gasteiger partial charge in [-0.1, -0.05) is 12.1 Å². The molecule has 0 unspecified atom stereocenters. The van der Waals surface area contributed by atoms with Crippen LogP contribution in [0.1, 0.15) is 41.5 Å². The number of nitrogens with zero attached hydrogens (tertiary/aromatic N) is 3. The van der Waals surface area contributed by atoms with Crippen molar-refractivity contribution in [2.75, 3.05) is 13.2 Å². The van der Waals surface area contributed by atoms with Gasteiger partial charge in [-0.15, -0.1) is 0 Å². The Morgan fingerprint density at radius 1 is 1.24 bits per heavy atom. The molecule has 0 fully saturated rings. The molecule has 1 aromatic carbocycles. The predicted molar refractivity (Wildman–Crippen MR) is 108 cm³/mol. The number of nitrogens with one attached hydrogen (secondary N) is 1. The van der Waals surface area contributed by atoms with Crippen LogP contribution in [-0.2, 0) is 11.2 Å². The standard InChI is InChI=1S/C21H24N4O4/c1-13(2)25-20-18(11-23-25)17(10-14(3)24-20)21(28)22-9-8-15-4-6-16(7-5-15)29-12-19(26)27/h4-7,10-11,13H,8-9,12H2,1-3H3,(H,22,28)(H,26,27). The van der Waals surface area contributed by atoms with E-state index in [0.717, 1.165) is 16.6 Å². The van der Waals surface area contributed by atoms with Crippen molar-refractivity contribution in [1.29, 1.82) is 0 Å². The molecule has 0 aliphatic heterocycles. The van der Waals surface area contributed by atoms with E-state index in [0.29, 0.717) is 29.9 Å². The van der Waals surface area contributed by atoms with E-state index in [1.165, 1.54) is 0 Å². The fraction of sp³-hybridized carbons (Fsp3) is 0.333. The van der Waals surface area contributed by atoms with Crippen LogP contribution < -0.4 is 10.1 Å². The van der Waals surface area contributed by atoms with Crippen LogP contribution in [-0.4, -0.2) is 44.9 Å². The first-order valence-electron chi connectivity index (χ1n) is 9.41. The summed E-state index contributed by atoms with van der Waals surface area (Å²) in [5.41, 5.74) is 3.05. The number of ether oxygens (including phenoxy) is 1. The normalized spacial score (nSPS) is 11.0. The lowest BCUT2D eigenvalue weighted by Gasteiger charge is -2.10. The molecule has 0 aliphatic carbocycles. The summed E-state index contributed by atoms with van der Waals surface area (Å²) in [5.74, 6) is -0.682. The van der Waals surface area contributed by atoms with Crippen LogP contribution in [0.5, 0.6) is 5.75 Å². The van der Waals surface area contributed by atoms with Crippen LogP contribution in [0, 0.1) is 6.92 Å². The highest BCUT2D eigenvalue weighted by atomic mass is 16.5. The van der Waals surface area contributed by atoms with Crippen LogP contribution in [0.2, 0.25) is 0 Å². The number of carboxylic acids is 1. The number of aromatic nitrogens is 3. The molecule has 0 spiro atoms. The second-order valence-corrected chi connectivity index (χ2v) is 7.06. The highest BCUT2D eigenvalue weighted by Gasteiger charge is 2.16. The van der Waals surface area contributed by atoms with Crippen LogP contribution >= 0.6 is 0 Å². The van der Waals surface area contributed by atoms with Gasteiger partial charge in [-0.3, -0.25) is 4.79 Å². The van der Waals surface area contributed by atoms with Crippen molar-refractivity contribution in [3.63, 3.8) is 0 Å². The van der Waals surface area contributed by atoms with Crippen molar-refractivity contribution < 1.29 is 19.4 Å². The van der Waals surface area contributed by atoms with Gasteiger partial charge in [0.15, 0.2) is 12.3 Å². The van der Waals surface area contributed by atoms with Crippen molar-refractivity contribution in [3.8, 4) is 5.75 Å².